The van der Waals surface area contributed by atoms with Crippen molar-refractivity contribution >= 4 is 23.6 Å². The minimum absolute atomic E-state index is 0.0305. The molecule has 0 saturated heterocycles. The Kier molecular flexibility index (Phi) is 4.14. The highest BCUT2D eigenvalue weighted by Gasteiger charge is 2.31. The predicted octanol–water partition coefficient (Wildman–Crippen LogP) is 0.858. The first-order chi connectivity index (χ1) is 10.1. The minimum atomic E-state index is -0.871. The van der Waals surface area contributed by atoms with Gasteiger partial charge in [0.25, 0.3) is 0 Å². The van der Waals surface area contributed by atoms with Crippen molar-refractivity contribution in [2.24, 2.45) is 5.92 Å². The molecule has 2 fully saturated rings. The maximum absolute atomic E-state index is 11.6. The Morgan fingerprint density at radius 2 is 2.05 bits per heavy atom. The average molecular weight is 310 g/mol. The van der Waals surface area contributed by atoms with E-state index in [1.807, 2.05) is 4.57 Å². The molecular formula is C13H18N4O3S. The van der Waals surface area contributed by atoms with E-state index >= 15 is 0 Å². The van der Waals surface area contributed by atoms with Gasteiger partial charge in [-0.05, 0) is 25.7 Å². The van der Waals surface area contributed by atoms with Crippen LogP contribution < -0.4 is 5.32 Å². The van der Waals surface area contributed by atoms with Crippen LogP contribution in [0.25, 0.3) is 0 Å². The number of nitrogens with zero attached hydrogens (tertiary/aromatic N) is 3. The molecule has 1 aromatic rings. The highest BCUT2D eigenvalue weighted by molar-refractivity contribution is 7.99. The maximum Gasteiger partial charge on any atom is 0.313 e. The standard InChI is InChI=1S/C13H18N4O3S/c18-10(19)7-21-13-16-15-11(8-1-2-8)17(13)6-5-14-12(20)9-3-4-9/h8-9H,1-7H2,(H,14,20)(H,18,19). The zero-order valence-electron chi connectivity index (χ0n) is 11.6. The zero-order valence-corrected chi connectivity index (χ0v) is 12.4. The fourth-order valence-corrected chi connectivity index (χ4v) is 2.86. The van der Waals surface area contributed by atoms with Crippen LogP contribution in [0.3, 0.4) is 0 Å². The lowest BCUT2D eigenvalue weighted by molar-refractivity contribution is -0.134. The summed E-state index contributed by atoms with van der Waals surface area (Å²) < 4.78 is 1.96. The van der Waals surface area contributed by atoms with Crippen LogP contribution in [-0.4, -0.2) is 44.0 Å². The summed E-state index contributed by atoms with van der Waals surface area (Å²) in [6.07, 6.45) is 4.20. The minimum Gasteiger partial charge on any atom is -0.481 e. The number of rotatable bonds is 8. The van der Waals surface area contributed by atoms with E-state index in [1.54, 1.807) is 0 Å². The number of carbonyl (C=O) groups is 2. The van der Waals surface area contributed by atoms with Gasteiger partial charge in [0.15, 0.2) is 5.16 Å². The molecule has 0 radical (unpaired) electrons. The third-order valence-corrected chi connectivity index (χ3v) is 4.55. The Morgan fingerprint density at radius 1 is 1.29 bits per heavy atom. The van der Waals surface area contributed by atoms with Gasteiger partial charge in [-0.2, -0.15) is 0 Å². The topological polar surface area (TPSA) is 97.1 Å². The van der Waals surface area contributed by atoms with Crippen LogP contribution >= 0.6 is 11.8 Å². The summed E-state index contributed by atoms with van der Waals surface area (Å²) in [6, 6.07) is 0. The predicted molar refractivity (Wildman–Crippen MR) is 76.1 cm³/mol. The van der Waals surface area contributed by atoms with Crippen molar-refractivity contribution in [3.05, 3.63) is 5.82 Å². The second-order valence-corrected chi connectivity index (χ2v) is 6.46. The summed E-state index contributed by atoms with van der Waals surface area (Å²) in [5.41, 5.74) is 0. The molecule has 2 saturated carbocycles. The first kappa shape index (κ1) is 14.4. The first-order valence-corrected chi connectivity index (χ1v) is 8.19. The third-order valence-electron chi connectivity index (χ3n) is 3.60. The van der Waals surface area contributed by atoms with Gasteiger partial charge in [-0.1, -0.05) is 11.8 Å². The maximum atomic E-state index is 11.6. The molecule has 0 aliphatic heterocycles. The summed E-state index contributed by atoms with van der Waals surface area (Å²) in [4.78, 5) is 22.3. The molecule has 2 aliphatic carbocycles. The van der Waals surface area contributed by atoms with Crippen LogP contribution in [-0.2, 0) is 16.1 Å². The molecule has 1 aromatic heterocycles. The Bertz CT molecular complexity index is 552. The van der Waals surface area contributed by atoms with Gasteiger partial charge in [-0.15, -0.1) is 10.2 Å². The van der Waals surface area contributed by atoms with Gasteiger partial charge in [0.2, 0.25) is 5.91 Å². The molecule has 1 amide bonds. The second-order valence-electron chi connectivity index (χ2n) is 5.51. The van der Waals surface area contributed by atoms with E-state index in [0.717, 1.165) is 31.5 Å². The van der Waals surface area contributed by atoms with E-state index in [9.17, 15) is 9.59 Å². The summed E-state index contributed by atoms with van der Waals surface area (Å²) in [5.74, 6) is 0.784. The highest BCUT2D eigenvalue weighted by atomic mass is 32.2. The lowest BCUT2D eigenvalue weighted by Crippen LogP contribution is -2.29. The zero-order chi connectivity index (χ0) is 14.8. The number of amides is 1. The molecule has 0 aromatic carbocycles. The van der Waals surface area contributed by atoms with Gasteiger partial charge < -0.3 is 15.0 Å². The molecule has 0 spiro atoms. The van der Waals surface area contributed by atoms with Crippen LogP contribution in [0.5, 0.6) is 0 Å². The van der Waals surface area contributed by atoms with E-state index in [0.29, 0.717) is 24.2 Å². The third kappa shape index (κ3) is 3.75. The number of aliphatic carboxylic acids is 1. The van der Waals surface area contributed by atoms with Crippen molar-refractivity contribution in [3.8, 4) is 0 Å². The van der Waals surface area contributed by atoms with Crippen molar-refractivity contribution in [2.45, 2.75) is 43.3 Å². The molecule has 114 valence electrons. The van der Waals surface area contributed by atoms with Crippen LogP contribution in [0.1, 0.15) is 37.4 Å². The van der Waals surface area contributed by atoms with Gasteiger partial charge in [0.1, 0.15) is 5.82 Å². The molecule has 0 bridgehead atoms. The van der Waals surface area contributed by atoms with Gasteiger partial charge >= 0.3 is 5.97 Å². The van der Waals surface area contributed by atoms with Crippen molar-refractivity contribution in [2.75, 3.05) is 12.3 Å². The number of hydrogen-bond donors (Lipinski definition) is 2. The SMILES string of the molecule is O=C(O)CSc1nnc(C2CC2)n1CCNC(=O)C1CC1. The molecule has 8 heteroatoms. The molecule has 1 heterocycles. The van der Waals surface area contributed by atoms with Gasteiger partial charge in [-0.25, -0.2) is 0 Å². The van der Waals surface area contributed by atoms with Crippen LogP contribution in [0.15, 0.2) is 5.16 Å². The normalized spacial score (nSPS) is 17.7. The smallest absolute Gasteiger partial charge is 0.313 e. The molecule has 7 nitrogen and oxygen atoms in total. The Labute approximate surface area is 126 Å². The first-order valence-electron chi connectivity index (χ1n) is 7.20. The van der Waals surface area contributed by atoms with Crippen LogP contribution in [0, 0.1) is 5.92 Å². The number of nitrogens with one attached hydrogen (secondary N) is 1. The van der Waals surface area contributed by atoms with E-state index in [2.05, 4.69) is 15.5 Å². The van der Waals surface area contributed by atoms with E-state index in [1.165, 1.54) is 11.8 Å². The molecule has 2 aliphatic rings. The highest BCUT2D eigenvalue weighted by Crippen LogP contribution is 2.40. The second kappa shape index (κ2) is 6.05. The van der Waals surface area contributed by atoms with E-state index < -0.39 is 5.97 Å². The van der Waals surface area contributed by atoms with E-state index in [4.69, 9.17) is 5.11 Å². The number of thioether (sulfide) groups is 1. The average Bonchev–Trinajstić information content (AvgIpc) is 3.34. The number of aromatic nitrogens is 3. The van der Waals surface area contributed by atoms with Crippen molar-refractivity contribution < 1.29 is 14.7 Å². The van der Waals surface area contributed by atoms with Gasteiger partial charge in [0.05, 0.1) is 5.75 Å². The van der Waals surface area contributed by atoms with Crippen LogP contribution in [0.4, 0.5) is 0 Å². The van der Waals surface area contributed by atoms with Crippen molar-refractivity contribution in [3.63, 3.8) is 0 Å². The molecule has 21 heavy (non-hydrogen) atoms. The molecule has 0 unspecified atom stereocenters. The summed E-state index contributed by atoms with van der Waals surface area (Å²) >= 11 is 1.18. The summed E-state index contributed by atoms with van der Waals surface area (Å²) in [5, 5.41) is 20.6. The summed E-state index contributed by atoms with van der Waals surface area (Å²) in [7, 11) is 0. The van der Waals surface area contributed by atoms with E-state index in [-0.39, 0.29) is 17.6 Å². The molecule has 2 N–H and O–H groups in total. The fraction of sp³-hybridized carbons (Fsp3) is 0.692. The van der Waals surface area contributed by atoms with Crippen LogP contribution in [0.2, 0.25) is 0 Å². The number of carbonyl (C=O) groups excluding carboxylic acids is 1. The molecule has 3 rings (SSSR count). The van der Waals surface area contributed by atoms with Crippen molar-refractivity contribution in [1.82, 2.24) is 20.1 Å². The lowest BCUT2D eigenvalue weighted by Gasteiger charge is -2.10. The Hall–Kier alpha value is -1.57. The molecular weight excluding hydrogens is 292 g/mol. The number of hydrogen-bond acceptors (Lipinski definition) is 5. The quantitative estimate of drug-likeness (QED) is 0.691. The lowest BCUT2D eigenvalue weighted by atomic mass is 10.4. The summed E-state index contributed by atoms with van der Waals surface area (Å²) in [6.45, 7) is 1.13. The molecule has 0 atom stereocenters. The number of carboxylic acid groups (broad SMARTS) is 1. The van der Waals surface area contributed by atoms with Crippen molar-refractivity contribution in [1.29, 1.82) is 0 Å². The number of carboxylic acids is 1. The van der Waals surface area contributed by atoms with Gasteiger partial charge in [-0.3, -0.25) is 9.59 Å². The Morgan fingerprint density at radius 3 is 2.67 bits per heavy atom. The monoisotopic (exact) mass is 310 g/mol. The largest absolute Gasteiger partial charge is 0.481 e. The Balaban J connectivity index is 1.60. The fourth-order valence-electron chi connectivity index (χ4n) is 2.17. The van der Waals surface area contributed by atoms with Gasteiger partial charge in [0, 0.05) is 24.9 Å².